The third kappa shape index (κ3) is 8.62. The summed E-state index contributed by atoms with van der Waals surface area (Å²) in [5.41, 5.74) is 11.9. The first-order chi connectivity index (χ1) is 33.6. The number of nitrogens with zero attached hydrogens (tertiary/aromatic N) is 9. The molecule has 7 heterocycles. The fourth-order valence-corrected chi connectivity index (χ4v) is 10.7. The van der Waals surface area contributed by atoms with E-state index in [4.69, 9.17) is 15.6 Å². The van der Waals surface area contributed by atoms with Gasteiger partial charge >= 0.3 is 0 Å². The van der Waals surface area contributed by atoms with Crippen LogP contribution in [-0.2, 0) is 9.59 Å². The van der Waals surface area contributed by atoms with Crippen molar-refractivity contribution >= 4 is 57.8 Å². The highest BCUT2D eigenvalue weighted by atomic mass is 16.5. The van der Waals surface area contributed by atoms with Gasteiger partial charge in [0.25, 0.3) is 17.7 Å². The molecule has 5 aliphatic heterocycles. The number of piperidine rings is 3. The second-order valence-electron chi connectivity index (χ2n) is 18.7. The van der Waals surface area contributed by atoms with Crippen molar-refractivity contribution in [2.24, 2.45) is 5.92 Å². The molecule has 2 atom stereocenters. The Bertz CT molecular complexity index is 2950. The van der Waals surface area contributed by atoms with Gasteiger partial charge in [-0.05, 0) is 117 Å². The van der Waals surface area contributed by atoms with Gasteiger partial charge in [0.1, 0.15) is 35.4 Å². The number of likely N-dealkylation sites (tertiary alicyclic amines) is 1. The highest BCUT2D eigenvalue weighted by Crippen LogP contribution is 2.36. The van der Waals surface area contributed by atoms with Crippen LogP contribution in [0, 0.1) is 5.92 Å². The molecular weight excluding hydrogens is 875 g/mol. The quantitative estimate of drug-likeness (QED) is 0.157. The van der Waals surface area contributed by atoms with Crippen molar-refractivity contribution in [3.8, 4) is 22.8 Å². The molecule has 69 heavy (non-hydrogen) atoms. The number of aromatic nitrogens is 4. The number of hydrogen-bond acceptors (Lipinski definition) is 13. The summed E-state index contributed by atoms with van der Waals surface area (Å²) in [6, 6.07) is 29.7. The molecule has 3 N–H and O–H groups in total. The summed E-state index contributed by atoms with van der Waals surface area (Å²) in [7, 11) is 0. The van der Waals surface area contributed by atoms with Gasteiger partial charge in [0.05, 0.1) is 22.6 Å². The fourth-order valence-electron chi connectivity index (χ4n) is 10.7. The highest BCUT2D eigenvalue weighted by molar-refractivity contribution is 6.23. The number of nitrogens with two attached hydrogens (primary N) is 1. The monoisotopic (exact) mass is 927 g/mol. The minimum atomic E-state index is -0.978. The number of nitrogens with one attached hydrogen (secondary N) is 1. The minimum absolute atomic E-state index is 0.000994. The zero-order valence-electron chi connectivity index (χ0n) is 38.2. The van der Waals surface area contributed by atoms with Crippen LogP contribution in [0.15, 0.2) is 103 Å². The van der Waals surface area contributed by atoms with Crippen LogP contribution < -0.4 is 25.6 Å². The van der Waals surface area contributed by atoms with Crippen molar-refractivity contribution in [2.45, 2.75) is 50.6 Å². The second-order valence-corrected chi connectivity index (χ2v) is 18.7. The number of fused-ring (bicyclic) bond motifs is 2. The summed E-state index contributed by atoms with van der Waals surface area (Å²) in [5.74, 6) is 0.416. The van der Waals surface area contributed by atoms with Gasteiger partial charge in [-0.25, -0.2) is 14.6 Å². The average Bonchev–Trinajstić information content (AvgIpc) is 3.89. The lowest BCUT2D eigenvalue weighted by Crippen LogP contribution is -2.54. The van der Waals surface area contributed by atoms with Crippen LogP contribution >= 0.6 is 0 Å². The number of piperazine rings is 1. The van der Waals surface area contributed by atoms with E-state index in [2.05, 4.69) is 42.1 Å². The van der Waals surface area contributed by atoms with Crippen molar-refractivity contribution in [1.82, 2.24) is 39.8 Å². The lowest BCUT2D eigenvalue weighted by atomic mass is 9.95. The normalized spacial score (nSPS) is 20.4. The number of carbonyl (C=O) groups is 5. The maximum Gasteiger partial charge on any atom is 0.262 e. The Balaban J connectivity index is 0.668. The van der Waals surface area contributed by atoms with Gasteiger partial charge in [-0.1, -0.05) is 18.2 Å². The van der Waals surface area contributed by atoms with Gasteiger partial charge in [-0.3, -0.25) is 39.1 Å². The van der Waals surface area contributed by atoms with Crippen LogP contribution in [0.3, 0.4) is 0 Å². The first-order valence-electron chi connectivity index (χ1n) is 23.9. The van der Waals surface area contributed by atoms with Gasteiger partial charge in [-0.15, -0.1) is 0 Å². The Morgan fingerprint density at radius 2 is 1.43 bits per heavy atom. The van der Waals surface area contributed by atoms with Crippen LogP contribution in [0.2, 0.25) is 0 Å². The maximum atomic E-state index is 14.0. The summed E-state index contributed by atoms with van der Waals surface area (Å²) in [6.45, 7) is 7.46. The number of ether oxygens (including phenoxy) is 1. The van der Waals surface area contributed by atoms with Crippen molar-refractivity contribution in [1.29, 1.82) is 0 Å². The molecule has 0 saturated carbocycles. The molecule has 0 aliphatic carbocycles. The zero-order valence-corrected chi connectivity index (χ0v) is 38.2. The molecule has 4 saturated heterocycles. The number of benzene rings is 4. The third-order valence-corrected chi connectivity index (χ3v) is 14.4. The van der Waals surface area contributed by atoms with Crippen LogP contribution in [0.1, 0.15) is 75.6 Å². The Kier molecular flexibility index (Phi) is 11.7. The molecule has 0 radical (unpaired) electrons. The van der Waals surface area contributed by atoms with Crippen LogP contribution in [0.4, 0.5) is 17.2 Å². The number of amides is 5. The van der Waals surface area contributed by atoms with Crippen molar-refractivity contribution < 1.29 is 28.7 Å². The second kappa shape index (κ2) is 18.4. The Morgan fingerprint density at radius 1 is 0.725 bits per heavy atom. The van der Waals surface area contributed by atoms with E-state index in [1.807, 2.05) is 82.4 Å². The topological polar surface area (TPSA) is 192 Å². The summed E-state index contributed by atoms with van der Waals surface area (Å²) in [6.07, 6.45) is 5.52. The molecule has 4 aromatic carbocycles. The molecule has 11 rings (SSSR count). The number of rotatable bonds is 10. The molecular formula is C52H53N11O6. The zero-order chi connectivity index (χ0) is 47.2. The lowest BCUT2D eigenvalue weighted by Gasteiger charge is -2.40. The molecule has 4 fully saturated rings. The number of para-hydroxylation sites is 1. The summed E-state index contributed by atoms with van der Waals surface area (Å²) < 4.78 is 7.94. The van der Waals surface area contributed by atoms with Gasteiger partial charge < -0.3 is 25.2 Å². The molecule has 17 heteroatoms. The molecule has 0 bridgehead atoms. The molecule has 17 nitrogen and oxygen atoms in total. The molecule has 6 aromatic rings. The van der Waals surface area contributed by atoms with E-state index >= 15 is 0 Å². The molecule has 5 aliphatic rings. The lowest BCUT2D eigenvalue weighted by molar-refractivity contribution is -0.136. The predicted octanol–water partition coefficient (Wildman–Crippen LogP) is 5.78. The van der Waals surface area contributed by atoms with E-state index in [1.54, 1.807) is 12.1 Å². The Labute approximate surface area is 398 Å². The number of nitrogen functional groups attached to an aromatic ring is 1. The number of hydrogen-bond donors (Lipinski definition) is 2. The summed E-state index contributed by atoms with van der Waals surface area (Å²) in [5, 5.41) is 8.02. The summed E-state index contributed by atoms with van der Waals surface area (Å²) in [4.78, 5) is 83.8. The smallest absolute Gasteiger partial charge is 0.262 e. The standard InChI is InChI=1S/C52H53N11O6/c53-47-45-46(34-10-15-40(16-11-34)69-39-6-2-1-3-7-39)57-63(48(45)55-32-54-47)38-5-4-22-61(31-38)50(66)35-8-12-36(13-9-35)59-23-20-33(21-24-59)30-58-25-27-60(28-26-58)37-14-17-41-42(29-37)52(68)62(51(41)67)43-18-19-44(64)56-49(43)65/h1-3,6-17,29,32-33,38,43H,4-5,18-28,30-31H2,(H2,53,54,55)(H,56,64,65)/t38-,43?/m1/s1. The Hall–Kier alpha value is -7.66. The molecule has 0 spiro atoms. The SMILES string of the molecule is Nc1ncnc2c1c(-c1ccc(Oc3ccccc3)cc1)nn2[C@@H]1CCCN(C(=O)c2ccc(N3CCC(CN4CCN(c5ccc6c(c5)C(=O)N(C5CCC(=O)NC5=O)C6=O)CC4)CC3)cc2)C1. The molecule has 5 amide bonds. The number of anilines is 3. The molecule has 352 valence electrons. The number of imide groups is 2. The Morgan fingerprint density at radius 3 is 2.19 bits per heavy atom. The van der Waals surface area contributed by atoms with Crippen LogP contribution in [0.25, 0.3) is 22.3 Å². The van der Waals surface area contributed by atoms with Gasteiger partial charge in [0, 0.05) is 87.8 Å². The van der Waals surface area contributed by atoms with E-state index in [0.29, 0.717) is 64.0 Å². The highest BCUT2D eigenvalue weighted by Gasteiger charge is 2.45. The average molecular weight is 928 g/mol. The first-order valence-corrected chi connectivity index (χ1v) is 23.9. The van der Waals surface area contributed by atoms with Crippen molar-refractivity contribution in [3.63, 3.8) is 0 Å². The van der Waals surface area contributed by atoms with Gasteiger partial charge in [0.2, 0.25) is 11.8 Å². The fraction of sp³-hybridized carbons (Fsp3) is 0.346. The van der Waals surface area contributed by atoms with Gasteiger partial charge in [-0.2, -0.15) is 5.10 Å². The number of carbonyl (C=O) groups excluding carboxylic acids is 5. The molecule has 1 unspecified atom stereocenters. The largest absolute Gasteiger partial charge is 0.457 e. The van der Waals surface area contributed by atoms with E-state index < -0.39 is 29.7 Å². The van der Waals surface area contributed by atoms with E-state index in [1.165, 1.54) is 6.33 Å². The van der Waals surface area contributed by atoms with E-state index in [9.17, 15) is 24.0 Å². The van der Waals surface area contributed by atoms with Crippen LogP contribution in [-0.4, -0.2) is 129 Å². The van der Waals surface area contributed by atoms with E-state index in [0.717, 1.165) is 99.1 Å². The predicted molar refractivity (Wildman–Crippen MR) is 259 cm³/mol. The first kappa shape index (κ1) is 43.9. The summed E-state index contributed by atoms with van der Waals surface area (Å²) >= 11 is 0. The third-order valence-electron chi connectivity index (χ3n) is 14.4. The molecule has 2 aromatic heterocycles. The van der Waals surface area contributed by atoms with E-state index in [-0.39, 0.29) is 24.8 Å². The van der Waals surface area contributed by atoms with Gasteiger partial charge in [0.15, 0.2) is 5.65 Å². The van der Waals surface area contributed by atoms with Crippen LogP contribution in [0.5, 0.6) is 11.5 Å². The van der Waals surface area contributed by atoms with Crippen molar-refractivity contribution in [2.75, 3.05) is 74.4 Å². The minimum Gasteiger partial charge on any atom is -0.457 e. The maximum absolute atomic E-state index is 14.0. The van der Waals surface area contributed by atoms with Crippen molar-refractivity contribution in [3.05, 3.63) is 120 Å².